The molecule has 1 saturated heterocycles. The van der Waals surface area contributed by atoms with Gasteiger partial charge in [-0.15, -0.1) is 0 Å². The van der Waals surface area contributed by atoms with E-state index in [1.807, 2.05) is 0 Å². The van der Waals surface area contributed by atoms with Gasteiger partial charge in [0, 0.05) is 13.1 Å². The highest BCUT2D eigenvalue weighted by Gasteiger charge is 2.45. The lowest BCUT2D eigenvalue weighted by molar-refractivity contribution is -0.192. The number of rotatable bonds is 28. The number of aliphatic carboxylic acids is 1. The van der Waals surface area contributed by atoms with Gasteiger partial charge in [0.15, 0.2) is 24.2 Å². The molecule has 1 fully saturated rings. The smallest absolute Gasteiger partial charge is 0.475 e. The molecular weight excluding hydrogens is 1500 g/mol. The van der Waals surface area contributed by atoms with Crippen LogP contribution in [0.3, 0.4) is 0 Å². The number of nitrogens with two attached hydrogens (primary N) is 2. The Hall–Kier alpha value is -11.1. The topological polar surface area (TPSA) is 567 Å². The third-order valence-electron chi connectivity index (χ3n) is 17.4. The van der Waals surface area contributed by atoms with Gasteiger partial charge < -0.3 is 110 Å². The molecule has 0 unspecified atom stereocenters. The lowest BCUT2D eigenvalue weighted by Crippen LogP contribution is -2.64. The second-order valence-corrected chi connectivity index (χ2v) is 28.8. The molecule has 1 heterocycles. The van der Waals surface area contributed by atoms with Crippen molar-refractivity contribution < 1.29 is 115 Å². The maximum Gasteiger partial charge on any atom is 0.490 e. The quantitative estimate of drug-likeness (QED) is 0.0179. The van der Waals surface area contributed by atoms with E-state index in [1.54, 1.807) is 116 Å². The first kappa shape index (κ1) is 97.1. The molecule has 21 N–H and O–H groups in total. The predicted octanol–water partition coefficient (Wildman–Crippen LogP) is -1.00. The summed E-state index contributed by atoms with van der Waals surface area (Å²) in [7, 11) is 0. The molecule has 0 saturated carbocycles. The number of guanidine groups is 1. The van der Waals surface area contributed by atoms with Crippen LogP contribution in [0.4, 0.5) is 18.0 Å². The van der Waals surface area contributed by atoms with Crippen molar-refractivity contribution in [3.05, 3.63) is 108 Å². The van der Waals surface area contributed by atoms with E-state index in [0.29, 0.717) is 11.1 Å². The number of aliphatic imine (C=N–C) groups is 1. The standard InChI is InChI=1S/C73H109N15O19.C2HF3O2/c1-12-42(10)53-66(99)86-54(43(11)90)65(98)78-35-52(91)84-56(59(93)70(103)77-34-44-23-16-13-17-24-44)68(101)82-51(36-89)71(104)107-60(46-27-20-15-21-28-46)57(88-64(97)49(32-39(4)5)80-63(96)50(33-40(6)7)83-73(105)106-37-45-25-18-14-19-26-45)69(102)87-55(58(92)41(8)9)67(100)81-48(31-38(2)3)62(95)79-47(61(94)85-53)29-22-30-76-72(74)75;3-2(4,5)1(6)7/h13-21,23-28,38-43,47-51,53-60,89-90,92-93H,12,22,29-37H2,1-11H3,(H,77,103)(H,78,98)(H,79,95)(H,80,96)(H,81,100)(H,82,101)(H,83,105)(H,84,91)(H,85,94)(H,86,99)(H,87,102)(H,88,97)(H4,74,75,76);(H,6,7)/t42-,43-,47+,48-,49-,50+,51-,53-,54-,55-,56-,57-,58+,59-,60+;/m0./s1. The van der Waals surface area contributed by atoms with E-state index in [-0.39, 0.29) is 75.7 Å². The average Bonchev–Trinajstić information content (AvgIpc) is 0.812. The van der Waals surface area contributed by atoms with Crippen molar-refractivity contribution in [2.45, 2.75) is 219 Å². The highest BCUT2D eigenvalue weighted by atomic mass is 19.4. The summed E-state index contributed by atoms with van der Waals surface area (Å²) < 4.78 is 43.2. The van der Waals surface area contributed by atoms with E-state index in [9.17, 15) is 81.5 Å². The number of alkyl halides is 3. The number of nitrogens with zero attached hydrogens (tertiary/aromatic N) is 1. The minimum Gasteiger partial charge on any atom is -0.475 e. The molecule has 3 aromatic carbocycles. The lowest BCUT2D eigenvalue weighted by atomic mass is 9.95. The number of cyclic esters (lactones) is 1. The zero-order valence-corrected chi connectivity index (χ0v) is 65.4. The van der Waals surface area contributed by atoms with E-state index in [2.05, 4.69) is 68.8 Å². The summed E-state index contributed by atoms with van der Waals surface area (Å²) in [5.74, 6) is -20.3. The fraction of sp³-hybridized carbons (Fsp3) is 0.560. The van der Waals surface area contributed by atoms with Crippen LogP contribution >= 0.6 is 0 Å². The monoisotopic (exact) mass is 1610 g/mol. The predicted molar refractivity (Wildman–Crippen MR) is 405 cm³/mol. The molecule has 1 aliphatic rings. The number of hydrogen-bond acceptors (Lipinski definition) is 21. The molecule has 36 nitrogen and oxygen atoms in total. The molecule has 114 heavy (non-hydrogen) atoms. The van der Waals surface area contributed by atoms with Gasteiger partial charge in [0.05, 0.1) is 25.4 Å². The Bertz CT molecular complexity index is 3710. The van der Waals surface area contributed by atoms with Crippen LogP contribution in [0.25, 0.3) is 0 Å². The van der Waals surface area contributed by atoms with Crippen molar-refractivity contribution in [2.75, 3.05) is 19.7 Å². The molecule has 0 spiro atoms. The molecule has 15 atom stereocenters. The number of halogens is 3. The Balaban J connectivity index is 0.00000457. The van der Waals surface area contributed by atoms with Gasteiger partial charge in [0.2, 0.25) is 59.1 Å². The van der Waals surface area contributed by atoms with Gasteiger partial charge in [-0.1, -0.05) is 167 Å². The SMILES string of the molecule is CC[C@H](C)[C@@H]1NC(=O)[C@@H](CCCN=C(N)N)NC(=O)[C@H](CC(C)C)NC(=O)[C@H]([C@H](O)C(C)C)NC(=O)[C@@H](NC(=O)[C@H](CC(C)C)NC(=O)[C@@H](CC(C)C)NC(=O)OCc2ccccc2)[C@@H](c2ccccc2)OC(=O)[C@H](CO)NC(=O)[C@H]([C@H](O)C(=O)NCc2ccccc2)NC(=O)CNC(=O)[C@H]([C@H](C)O)NC1=O.O=C(O)C(F)(F)F. The molecule has 0 aromatic heterocycles. The second-order valence-electron chi connectivity index (χ2n) is 28.8. The number of nitrogens with one attached hydrogen (secondary N) is 12. The number of ether oxygens (including phenoxy) is 2. The molecule has 4 rings (SSSR count). The Labute approximate surface area is 657 Å². The Kier molecular flexibility index (Phi) is 41.0. The molecule has 1 aliphatic heterocycles. The number of aliphatic hydroxyl groups is 4. The van der Waals surface area contributed by atoms with Crippen LogP contribution in [0.5, 0.6) is 0 Å². The van der Waals surface area contributed by atoms with E-state index in [0.717, 1.165) is 6.92 Å². The number of carbonyl (C=O) groups is 14. The normalized spacial score (nSPS) is 21.8. The van der Waals surface area contributed by atoms with Crippen molar-refractivity contribution >= 4 is 89.0 Å². The number of hydrogen-bond donors (Lipinski definition) is 19. The van der Waals surface area contributed by atoms with Crippen LogP contribution in [0.15, 0.2) is 96.0 Å². The number of carbonyl (C=O) groups excluding carboxylic acids is 13. The van der Waals surface area contributed by atoms with Crippen LogP contribution < -0.4 is 75.3 Å². The zero-order chi connectivity index (χ0) is 85.9. The number of benzene rings is 3. The molecule has 632 valence electrons. The molecule has 0 aliphatic carbocycles. The fourth-order valence-electron chi connectivity index (χ4n) is 11.1. The number of amides is 12. The van der Waals surface area contributed by atoms with Crippen molar-refractivity contribution in [1.82, 2.24) is 63.8 Å². The summed E-state index contributed by atoms with van der Waals surface area (Å²) >= 11 is 0. The van der Waals surface area contributed by atoms with Crippen molar-refractivity contribution in [3.63, 3.8) is 0 Å². The summed E-state index contributed by atoms with van der Waals surface area (Å²) in [6.45, 7) is 14.8. The Morgan fingerprint density at radius 2 is 1.10 bits per heavy atom. The molecule has 0 radical (unpaired) electrons. The summed E-state index contributed by atoms with van der Waals surface area (Å²) in [4.78, 5) is 202. The van der Waals surface area contributed by atoms with Gasteiger partial charge in [-0.25, -0.2) is 14.4 Å². The van der Waals surface area contributed by atoms with Crippen LogP contribution in [0, 0.1) is 29.6 Å². The average molecular weight is 1610 g/mol. The third-order valence-corrected chi connectivity index (χ3v) is 17.4. The first-order valence-electron chi connectivity index (χ1n) is 37.0. The number of esters is 1. The third kappa shape index (κ3) is 33.7. The first-order valence-corrected chi connectivity index (χ1v) is 37.0. The first-order chi connectivity index (χ1) is 53.5. The number of aliphatic hydroxyl groups excluding tert-OH is 4. The molecule has 39 heteroatoms. The highest BCUT2D eigenvalue weighted by Crippen LogP contribution is 2.25. The largest absolute Gasteiger partial charge is 0.490 e. The van der Waals surface area contributed by atoms with Crippen molar-refractivity contribution in [1.29, 1.82) is 0 Å². The van der Waals surface area contributed by atoms with Crippen molar-refractivity contribution in [2.24, 2.45) is 46.0 Å². The van der Waals surface area contributed by atoms with E-state index < -0.39 is 211 Å². The minimum absolute atomic E-state index is 0.0235. The highest BCUT2D eigenvalue weighted by molar-refractivity contribution is 6.00. The molecule has 12 amide bonds. The summed E-state index contributed by atoms with van der Waals surface area (Å²) in [5.41, 5.74) is 12.2. The molecular formula is C75H110F3N15O21. The Morgan fingerprint density at radius 1 is 0.596 bits per heavy atom. The molecule has 0 bridgehead atoms. The maximum atomic E-state index is 15.7. The number of alkyl carbamates (subject to hydrolysis) is 1. The van der Waals surface area contributed by atoms with Gasteiger partial charge in [0.1, 0.15) is 61.0 Å². The lowest BCUT2D eigenvalue weighted by Gasteiger charge is -2.34. The van der Waals surface area contributed by atoms with Gasteiger partial charge in [-0.05, 0) is 85.3 Å². The fourth-order valence-corrected chi connectivity index (χ4v) is 11.1. The van der Waals surface area contributed by atoms with Gasteiger partial charge in [-0.2, -0.15) is 13.2 Å². The van der Waals surface area contributed by atoms with E-state index in [4.69, 9.17) is 30.8 Å². The van der Waals surface area contributed by atoms with Gasteiger partial charge in [-0.3, -0.25) is 57.7 Å². The number of carboxylic acid groups (broad SMARTS) is 1. The van der Waals surface area contributed by atoms with Crippen molar-refractivity contribution in [3.8, 4) is 0 Å². The zero-order valence-electron chi connectivity index (χ0n) is 65.4. The van der Waals surface area contributed by atoms with Gasteiger partial charge in [0.25, 0.3) is 5.91 Å². The van der Waals surface area contributed by atoms with Gasteiger partial charge >= 0.3 is 24.2 Å². The second kappa shape index (κ2) is 48.1. The van der Waals surface area contributed by atoms with Crippen LogP contribution in [-0.4, -0.2) is 219 Å². The van der Waals surface area contributed by atoms with Crippen LogP contribution in [-0.2, 0) is 85.0 Å². The van der Waals surface area contributed by atoms with E-state index >= 15 is 14.4 Å². The van der Waals surface area contributed by atoms with Crippen LogP contribution in [0.1, 0.15) is 137 Å². The number of carboxylic acids is 1. The maximum absolute atomic E-state index is 15.7. The molecule has 3 aromatic rings. The Morgan fingerprint density at radius 3 is 1.61 bits per heavy atom. The summed E-state index contributed by atoms with van der Waals surface area (Å²) in [5, 5.41) is 82.2. The minimum atomic E-state index is -5.08. The van der Waals surface area contributed by atoms with E-state index in [1.165, 1.54) is 44.2 Å². The summed E-state index contributed by atoms with van der Waals surface area (Å²) in [6.07, 6.45) is -14.6. The van der Waals surface area contributed by atoms with Crippen LogP contribution in [0.2, 0.25) is 0 Å². The summed E-state index contributed by atoms with van der Waals surface area (Å²) in [6, 6.07) is 5.47.